The van der Waals surface area contributed by atoms with Gasteiger partial charge in [-0.3, -0.25) is 0 Å². The molecule has 1 heterocycles. The molecule has 4 nitrogen and oxygen atoms in total. The van der Waals surface area contributed by atoms with Crippen molar-refractivity contribution in [3.05, 3.63) is 17.3 Å². The number of unbranched alkanes of at least 4 members (excludes halogenated alkanes) is 1. The first-order valence-electron chi connectivity index (χ1n) is 4.88. The van der Waals surface area contributed by atoms with Gasteiger partial charge >= 0.3 is 0 Å². The van der Waals surface area contributed by atoms with Crippen molar-refractivity contribution in [3.8, 4) is 0 Å². The molecule has 3 N–H and O–H groups in total. The Morgan fingerprint density at radius 3 is 3.00 bits per heavy atom. The normalized spacial score (nSPS) is 10.3. The minimum absolute atomic E-state index is 0.557. The molecule has 0 aliphatic carbocycles. The Balaban J connectivity index is 2.31. The molecule has 1 aromatic rings. The molecule has 1 rings (SSSR count). The summed E-state index contributed by atoms with van der Waals surface area (Å²) in [7, 11) is 1.70. The lowest BCUT2D eigenvalue weighted by molar-refractivity contribution is 0.194. The van der Waals surface area contributed by atoms with Gasteiger partial charge in [0.15, 0.2) is 0 Å². The molecule has 1 aromatic heterocycles. The molecule has 0 aromatic carbocycles. The molecule has 0 aliphatic heterocycles. The van der Waals surface area contributed by atoms with E-state index in [4.69, 9.17) is 22.1 Å². The zero-order chi connectivity index (χ0) is 11.1. The molecular weight excluding hydrogens is 214 g/mol. The smallest absolute Gasteiger partial charge is 0.144 e. The summed E-state index contributed by atoms with van der Waals surface area (Å²) in [6, 6.07) is 1.69. The van der Waals surface area contributed by atoms with Gasteiger partial charge in [0.2, 0.25) is 0 Å². The highest BCUT2D eigenvalue weighted by Crippen LogP contribution is 2.20. The summed E-state index contributed by atoms with van der Waals surface area (Å²) in [5, 5.41) is 3.70. The highest BCUT2D eigenvalue weighted by molar-refractivity contribution is 6.33. The van der Waals surface area contributed by atoms with E-state index in [1.54, 1.807) is 19.4 Å². The highest BCUT2D eigenvalue weighted by Gasteiger charge is 2.00. The topological polar surface area (TPSA) is 60.2 Å². The number of hydrogen-bond acceptors (Lipinski definition) is 4. The zero-order valence-corrected chi connectivity index (χ0v) is 9.55. The Kier molecular flexibility index (Phi) is 5.21. The summed E-state index contributed by atoms with van der Waals surface area (Å²) >= 11 is 5.94. The van der Waals surface area contributed by atoms with Gasteiger partial charge < -0.3 is 15.8 Å². The van der Waals surface area contributed by atoms with Gasteiger partial charge in [0.1, 0.15) is 5.82 Å². The maximum Gasteiger partial charge on any atom is 0.144 e. The number of halogens is 1. The molecule has 0 atom stereocenters. The van der Waals surface area contributed by atoms with Gasteiger partial charge in [-0.2, -0.15) is 0 Å². The second-order valence-corrected chi connectivity index (χ2v) is 3.63. The minimum Gasteiger partial charge on any atom is -0.397 e. The third-order valence-electron chi connectivity index (χ3n) is 1.93. The van der Waals surface area contributed by atoms with Crippen molar-refractivity contribution < 1.29 is 4.74 Å². The van der Waals surface area contributed by atoms with Crippen LogP contribution in [0, 0.1) is 0 Å². The third kappa shape index (κ3) is 4.36. The van der Waals surface area contributed by atoms with Gasteiger partial charge in [0.25, 0.3) is 0 Å². The molecule has 84 valence electrons. The quantitative estimate of drug-likeness (QED) is 0.734. The fraction of sp³-hybridized carbons (Fsp3) is 0.500. The molecule has 0 aliphatic rings. The maximum atomic E-state index is 5.94. The van der Waals surface area contributed by atoms with Crippen molar-refractivity contribution in [3.63, 3.8) is 0 Å². The number of rotatable bonds is 6. The lowest BCUT2D eigenvalue weighted by atomic mass is 10.3. The standard InChI is InChI=1S/C10H16ClN3O/c1-15-5-3-2-4-13-10-9(11)6-8(12)7-14-10/h6-7H,2-5,12H2,1H3,(H,13,14). The Bertz CT molecular complexity index is 307. The number of methoxy groups -OCH3 is 1. The average molecular weight is 230 g/mol. The molecule has 0 fully saturated rings. The van der Waals surface area contributed by atoms with Crippen LogP contribution in [0.3, 0.4) is 0 Å². The molecule has 0 saturated carbocycles. The van der Waals surface area contributed by atoms with E-state index in [2.05, 4.69) is 10.3 Å². The third-order valence-corrected chi connectivity index (χ3v) is 2.22. The number of ether oxygens (including phenoxy) is 1. The van der Waals surface area contributed by atoms with Crippen LogP contribution in [0.1, 0.15) is 12.8 Å². The van der Waals surface area contributed by atoms with Gasteiger partial charge in [-0.05, 0) is 18.9 Å². The van der Waals surface area contributed by atoms with Crippen molar-refractivity contribution in [1.82, 2.24) is 4.98 Å². The first-order valence-corrected chi connectivity index (χ1v) is 5.25. The lowest BCUT2D eigenvalue weighted by Gasteiger charge is -2.07. The molecular formula is C10H16ClN3O. The SMILES string of the molecule is COCCCCNc1ncc(N)cc1Cl. The summed E-state index contributed by atoms with van der Waals surface area (Å²) in [6.07, 6.45) is 3.63. The zero-order valence-electron chi connectivity index (χ0n) is 8.79. The summed E-state index contributed by atoms with van der Waals surface area (Å²) in [4.78, 5) is 4.10. The van der Waals surface area contributed by atoms with Gasteiger partial charge in [-0.25, -0.2) is 4.98 Å². The van der Waals surface area contributed by atoms with E-state index in [-0.39, 0.29) is 0 Å². The van der Waals surface area contributed by atoms with Gasteiger partial charge in [0.05, 0.1) is 16.9 Å². The van der Waals surface area contributed by atoms with E-state index in [1.807, 2.05) is 0 Å². The maximum absolute atomic E-state index is 5.94. The van der Waals surface area contributed by atoms with Crippen LogP contribution < -0.4 is 11.1 Å². The molecule has 0 spiro atoms. The predicted molar refractivity (Wildman–Crippen MR) is 63.3 cm³/mol. The predicted octanol–water partition coefficient (Wildman–Crippen LogP) is 2.16. The monoisotopic (exact) mass is 229 g/mol. The van der Waals surface area contributed by atoms with Crippen LogP contribution in [0.4, 0.5) is 11.5 Å². The second kappa shape index (κ2) is 6.48. The summed E-state index contributed by atoms with van der Waals surface area (Å²) in [5.41, 5.74) is 6.10. The number of anilines is 2. The Morgan fingerprint density at radius 2 is 2.33 bits per heavy atom. The number of nitrogens with two attached hydrogens (primary N) is 1. The van der Waals surface area contributed by atoms with Gasteiger partial charge in [-0.15, -0.1) is 0 Å². The largest absolute Gasteiger partial charge is 0.397 e. The number of nitrogens with one attached hydrogen (secondary N) is 1. The number of aromatic nitrogens is 1. The number of pyridine rings is 1. The number of nitrogen functional groups attached to an aromatic ring is 1. The molecule has 5 heteroatoms. The van der Waals surface area contributed by atoms with Crippen LogP contribution in [0.5, 0.6) is 0 Å². The minimum atomic E-state index is 0.557. The van der Waals surface area contributed by atoms with Crippen molar-refractivity contribution in [2.24, 2.45) is 0 Å². The average Bonchev–Trinajstić information content (AvgIpc) is 2.20. The first-order chi connectivity index (χ1) is 7.24. The molecule has 0 amide bonds. The summed E-state index contributed by atoms with van der Waals surface area (Å²) in [6.45, 7) is 1.62. The summed E-state index contributed by atoms with van der Waals surface area (Å²) < 4.78 is 4.95. The van der Waals surface area contributed by atoms with Crippen LogP contribution in [0.2, 0.25) is 5.02 Å². The van der Waals surface area contributed by atoms with E-state index in [0.717, 1.165) is 26.0 Å². The van der Waals surface area contributed by atoms with Crippen molar-refractivity contribution in [2.45, 2.75) is 12.8 Å². The number of hydrogen-bond donors (Lipinski definition) is 2. The van der Waals surface area contributed by atoms with Crippen LogP contribution in [0.25, 0.3) is 0 Å². The Hall–Kier alpha value is -1.00. The molecule has 15 heavy (non-hydrogen) atoms. The van der Waals surface area contributed by atoms with Gasteiger partial charge in [0, 0.05) is 20.3 Å². The van der Waals surface area contributed by atoms with E-state index in [9.17, 15) is 0 Å². The van der Waals surface area contributed by atoms with Crippen LogP contribution in [-0.4, -0.2) is 25.2 Å². The Morgan fingerprint density at radius 1 is 1.53 bits per heavy atom. The van der Waals surface area contributed by atoms with E-state index in [1.165, 1.54) is 0 Å². The highest BCUT2D eigenvalue weighted by atomic mass is 35.5. The molecule has 0 saturated heterocycles. The Labute approximate surface area is 94.8 Å². The van der Waals surface area contributed by atoms with Gasteiger partial charge in [-0.1, -0.05) is 11.6 Å². The van der Waals surface area contributed by atoms with Crippen molar-refractivity contribution in [2.75, 3.05) is 31.3 Å². The fourth-order valence-corrected chi connectivity index (χ4v) is 1.40. The molecule has 0 radical (unpaired) electrons. The van der Waals surface area contributed by atoms with Crippen LogP contribution in [-0.2, 0) is 4.74 Å². The molecule has 0 unspecified atom stereocenters. The molecule has 0 bridgehead atoms. The van der Waals surface area contributed by atoms with E-state index >= 15 is 0 Å². The van der Waals surface area contributed by atoms with E-state index in [0.29, 0.717) is 16.5 Å². The van der Waals surface area contributed by atoms with Crippen molar-refractivity contribution >= 4 is 23.1 Å². The number of nitrogens with zero attached hydrogens (tertiary/aromatic N) is 1. The van der Waals surface area contributed by atoms with Crippen molar-refractivity contribution in [1.29, 1.82) is 0 Å². The second-order valence-electron chi connectivity index (χ2n) is 3.23. The lowest BCUT2D eigenvalue weighted by Crippen LogP contribution is -2.05. The van der Waals surface area contributed by atoms with Crippen LogP contribution >= 0.6 is 11.6 Å². The first kappa shape index (κ1) is 12.1. The fourth-order valence-electron chi connectivity index (χ4n) is 1.16. The van der Waals surface area contributed by atoms with Crippen LogP contribution in [0.15, 0.2) is 12.3 Å². The summed E-state index contributed by atoms with van der Waals surface area (Å²) in [5.74, 6) is 0.684. The van der Waals surface area contributed by atoms with E-state index < -0.39 is 0 Å².